The zero-order valence-corrected chi connectivity index (χ0v) is 11.2. The maximum atomic E-state index is 11.3. The van der Waals surface area contributed by atoms with Crippen LogP contribution in [0.15, 0.2) is 12.1 Å². The van der Waals surface area contributed by atoms with Crippen LogP contribution in [-0.4, -0.2) is 37.2 Å². The molecule has 2 amide bonds. The van der Waals surface area contributed by atoms with Gasteiger partial charge in [-0.2, -0.15) is 5.26 Å². The Morgan fingerprint density at radius 1 is 1.47 bits per heavy atom. The van der Waals surface area contributed by atoms with Gasteiger partial charge in [0, 0.05) is 18.7 Å². The number of rotatable bonds is 4. The number of aryl methyl sites for hydroxylation is 1. The number of carbonyl (C=O) groups is 1. The minimum absolute atomic E-state index is 0.0399. The fourth-order valence-corrected chi connectivity index (χ4v) is 2.15. The predicted octanol–water partition coefficient (Wildman–Crippen LogP) is 1.58. The molecule has 0 radical (unpaired) electrons. The van der Waals surface area contributed by atoms with Gasteiger partial charge in [-0.3, -0.25) is 0 Å². The van der Waals surface area contributed by atoms with Crippen LogP contribution in [0.1, 0.15) is 16.7 Å². The number of amides is 2. The van der Waals surface area contributed by atoms with Gasteiger partial charge in [0.2, 0.25) is 0 Å². The molecule has 0 aromatic heterocycles. The van der Waals surface area contributed by atoms with Gasteiger partial charge in [-0.25, -0.2) is 4.79 Å². The van der Waals surface area contributed by atoms with E-state index < -0.39 is 0 Å². The summed E-state index contributed by atoms with van der Waals surface area (Å²) in [4.78, 5) is 13.1. The smallest absolute Gasteiger partial charge is 0.317 e. The van der Waals surface area contributed by atoms with Crippen molar-refractivity contribution in [3.63, 3.8) is 0 Å². The molecular weight excluding hydrogens is 242 g/mol. The molecule has 5 heteroatoms. The Morgan fingerprint density at radius 2 is 2.26 bits per heavy atom. The van der Waals surface area contributed by atoms with Crippen LogP contribution in [0, 0.1) is 25.2 Å². The van der Waals surface area contributed by atoms with Gasteiger partial charge in [0.1, 0.15) is 12.4 Å². The molecule has 1 heterocycles. The van der Waals surface area contributed by atoms with E-state index in [1.54, 1.807) is 4.90 Å². The van der Waals surface area contributed by atoms with E-state index >= 15 is 0 Å². The fourth-order valence-electron chi connectivity index (χ4n) is 2.15. The predicted molar refractivity (Wildman–Crippen MR) is 71.1 cm³/mol. The van der Waals surface area contributed by atoms with Crippen LogP contribution in [0.25, 0.3) is 0 Å². The summed E-state index contributed by atoms with van der Waals surface area (Å²) in [5, 5.41) is 11.8. The molecule has 0 bridgehead atoms. The lowest BCUT2D eigenvalue weighted by molar-refractivity contribution is 0.202. The third kappa shape index (κ3) is 2.79. The third-order valence-electron chi connectivity index (χ3n) is 3.30. The normalized spacial score (nSPS) is 14.2. The summed E-state index contributed by atoms with van der Waals surface area (Å²) in [5.41, 5.74) is 2.47. The van der Waals surface area contributed by atoms with Crippen LogP contribution in [-0.2, 0) is 0 Å². The SMILES string of the molecule is Cc1ccc(OCCN2CCNC2=O)c(C)c1C#N. The lowest BCUT2D eigenvalue weighted by Crippen LogP contribution is -2.31. The second-order valence-corrected chi connectivity index (χ2v) is 4.56. The molecule has 0 unspecified atom stereocenters. The van der Waals surface area contributed by atoms with Crippen molar-refractivity contribution >= 4 is 6.03 Å². The van der Waals surface area contributed by atoms with Crippen LogP contribution >= 0.6 is 0 Å². The number of ether oxygens (including phenoxy) is 1. The summed E-state index contributed by atoms with van der Waals surface area (Å²) < 4.78 is 5.67. The van der Waals surface area contributed by atoms with Crippen molar-refractivity contribution in [2.24, 2.45) is 0 Å². The van der Waals surface area contributed by atoms with E-state index in [0.717, 1.165) is 17.7 Å². The average Bonchev–Trinajstić information content (AvgIpc) is 2.79. The molecule has 100 valence electrons. The number of nitrogens with zero attached hydrogens (tertiary/aromatic N) is 2. The molecule has 0 atom stereocenters. The molecule has 1 aromatic carbocycles. The number of nitriles is 1. The Labute approximate surface area is 112 Å². The quantitative estimate of drug-likeness (QED) is 0.892. The Balaban J connectivity index is 1.97. The van der Waals surface area contributed by atoms with Crippen LogP contribution in [0.4, 0.5) is 4.79 Å². The number of carbonyl (C=O) groups excluding carboxylic acids is 1. The molecular formula is C14H17N3O2. The summed E-state index contributed by atoms with van der Waals surface area (Å²) in [6.07, 6.45) is 0. The Bertz CT molecular complexity index is 534. The van der Waals surface area contributed by atoms with Crippen LogP contribution in [0.5, 0.6) is 5.75 Å². The molecule has 1 saturated heterocycles. The van der Waals surface area contributed by atoms with Gasteiger partial charge in [-0.05, 0) is 25.5 Å². The first-order chi connectivity index (χ1) is 9.13. The molecule has 5 nitrogen and oxygen atoms in total. The summed E-state index contributed by atoms with van der Waals surface area (Å²) >= 11 is 0. The fraction of sp³-hybridized carbons (Fsp3) is 0.429. The summed E-state index contributed by atoms with van der Waals surface area (Å²) in [6.45, 7) is 6.19. The van der Waals surface area contributed by atoms with Crippen molar-refractivity contribution in [3.05, 3.63) is 28.8 Å². The molecule has 0 aliphatic carbocycles. The molecule has 2 rings (SSSR count). The first-order valence-corrected chi connectivity index (χ1v) is 6.29. The monoisotopic (exact) mass is 259 g/mol. The van der Waals surface area contributed by atoms with Gasteiger partial charge < -0.3 is 15.0 Å². The first-order valence-electron chi connectivity index (χ1n) is 6.29. The standard InChI is InChI=1S/C14H17N3O2/c1-10-3-4-13(11(2)12(10)9-15)19-8-7-17-6-5-16-14(17)18/h3-4H,5-8H2,1-2H3,(H,16,18). The maximum absolute atomic E-state index is 11.3. The van der Waals surface area contributed by atoms with Gasteiger partial charge >= 0.3 is 6.03 Å². The largest absolute Gasteiger partial charge is 0.491 e. The lowest BCUT2D eigenvalue weighted by Gasteiger charge is -2.16. The Kier molecular flexibility index (Phi) is 3.91. The van der Waals surface area contributed by atoms with Crippen molar-refractivity contribution in [1.82, 2.24) is 10.2 Å². The van der Waals surface area contributed by atoms with Crippen molar-refractivity contribution < 1.29 is 9.53 Å². The molecule has 1 fully saturated rings. The van der Waals surface area contributed by atoms with E-state index in [4.69, 9.17) is 10.00 Å². The van der Waals surface area contributed by atoms with Crippen molar-refractivity contribution in [3.8, 4) is 11.8 Å². The zero-order chi connectivity index (χ0) is 13.8. The van der Waals surface area contributed by atoms with E-state index in [1.807, 2.05) is 26.0 Å². The van der Waals surface area contributed by atoms with Crippen LogP contribution in [0.2, 0.25) is 0 Å². The van der Waals surface area contributed by atoms with E-state index in [2.05, 4.69) is 11.4 Å². The van der Waals surface area contributed by atoms with Crippen molar-refractivity contribution in [1.29, 1.82) is 5.26 Å². The highest BCUT2D eigenvalue weighted by Gasteiger charge is 2.18. The molecule has 1 aliphatic heterocycles. The third-order valence-corrected chi connectivity index (χ3v) is 3.30. The van der Waals surface area contributed by atoms with E-state index in [9.17, 15) is 4.79 Å². The van der Waals surface area contributed by atoms with Gasteiger partial charge in [0.05, 0.1) is 18.2 Å². The Hall–Kier alpha value is -2.22. The lowest BCUT2D eigenvalue weighted by atomic mass is 10.0. The number of benzene rings is 1. The molecule has 1 N–H and O–H groups in total. The molecule has 19 heavy (non-hydrogen) atoms. The Morgan fingerprint density at radius 3 is 2.89 bits per heavy atom. The van der Waals surface area contributed by atoms with Gasteiger partial charge in [0.15, 0.2) is 0 Å². The van der Waals surface area contributed by atoms with Crippen molar-refractivity contribution in [2.45, 2.75) is 13.8 Å². The van der Waals surface area contributed by atoms with Crippen LogP contribution < -0.4 is 10.1 Å². The highest BCUT2D eigenvalue weighted by molar-refractivity contribution is 5.76. The number of hydrogen-bond acceptors (Lipinski definition) is 3. The topological polar surface area (TPSA) is 65.4 Å². The highest BCUT2D eigenvalue weighted by Crippen LogP contribution is 2.23. The van der Waals surface area contributed by atoms with Gasteiger partial charge in [0.25, 0.3) is 0 Å². The van der Waals surface area contributed by atoms with Gasteiger partial charge in [-0.1, -0.05) is 6.07 Å². The zero-order valence-electron chi connectivity index (χ0n) is 11.2. The number of hydrogen-bond donors (Lipinski definition) is 1. The summed E-state index contributed by atoms with van der Waals surface area (Å²) in [6, 6.07) is 5.90. The second kappa shape index (κ2) is 5.61. The number of nitrogens with one attached hydrogen (secondary N) is 1. The molecule has 1 aliphatic rings. The summed E-state index contributed by atoms with van der Waals surface area (Å²) in [5.74, 6) is 0.710. The second-order valence-electron chi connectivity index (χ2n) is 4.56. The van der Waals surface area contributed by atoms with E-state index in [1.165, 1.54) is 0 Å². The average molecular weight is 259 g/mol. The highest BCUT2D eigenvalue weighted by atomic mass is 16.5. The number of urea groups is 1. The molecule has 0 saturated carbocycles. The summed E-state index contributed by atoms with van der Waals surface area (Å²) in [7, 11) is 0. The minimum Gasteiger partial charge on any atom is -0.491 e. The van der Waals surface area contributed by atoms with Gasteiger partial charge in [-0.15, -0.1) is 0 Å². The maximum Gasteiger partial charge on any atom is 0.317 e. The first kappa shape index (κ1) is 13.2. The van der Waals surface area contributed by atoms with Crippen LogP contribution in [0.3, 0.4) is 0 Å². The minimum atomic E-state index is -0.0399. The molecule has 1 aromatic rings. The van der Waals surface area contributed by atoms with E-state index in [-0.39, 0.29) is 6.03 Å². The molecule has 0 spiro atoms. The van der Waals surface area contributed by atoms with Crippen molar-refractivity contribution in [2.75, 3.05) is 26.2 Å². The van der Waals surface area contributed by atoms with E-state index in [0.29, 0.717) is 31.0 Å².